The minimum Gasteiger partial charge on any atom is -0.388 e. The second kappa shape index (κ2) is 6.23. The van der Waals surface area contributed by atoms with Crippen molar-refractivity contribution in [2.45, 2.75) is 13.0 Å². The molecule has 0 fully saturated rings. The smallest absolute Gasteiger partial charge is 0.150 e. The highest BCUT2D eigenvalue weighted by atomic mass is 16.6. The Balaban J connectivity index is 1.78. The Hall–Kier alpha value is -2.61. The van der Waals surface area contributed by atoms with Crippen LogP contribution in [0.5, 0.6) is 0 Å². The molecule has 1 unspecified atom stereocenters. The Morgan fingerprint density at radius 3 is 2.43 bits per heavy atom. The van der Waals surface area contributed by atoms with E-state index in [-0.39, 0.29) is 6.10 Å². The first-order chi connectivity index (χ1) is 10.3. The topological polar surface area (TPSA) is 21.6 Å². The maximum Gasteiger partial charge on any atom is 0.150 e. The van der Waals surface area contributed by atoms with Crippen LogP contribution in [0.2, 0.25) is 0 Å². The molecule has 3 aromatic carbocycles. The molecule has 104 valence electrons. The van der Waals surface area contributed by atoms with Crippen LogP contribution in [0.1, 0.15) is 24.2 Å². The van der Waals surface area contributed by atoms with E-state index in [0.717, 1.165) is 11.1 Å². The Labute approximate surface area is 124 Å². The van der Waals surface area contributed by atoms with E-state index in [1.54, 1.807) is 6.21 Å². The molecule has 0 aliphatic carbocycles. The van der Waals surface area contributed by atoms with E-state index in [1.165, 1.54) is 10.8 Å². The van der Waals surface area contributed by atoms with E-state index < -0.39 is 0 Å². The third-order valence-electron chi connectivity index (χ3n) is 3.48. The maximum absolute atomic E-state index is 5.61. The number of nitrogens with zero attached hydrogens (tertiary/aromatic N) is 1. The molecule has 0 aliphatic rings. The summed E-state index contributed by atoms with van der Waals surface area (Å²) in [4.78, 5) is 5.61. The molecular formula is C19H17NO. The second-order valence-corrected chi connectivity index (χ2v) is 4.96. The monoisotopic (exact) mass is 275 g/mol. The highest BCUT2D eigenvalue weighted by molar-refractivity contribution is 5.86. The van der Waals surface area contributed by atoms with E-state index in [4.69, 9.17) is 4.84 Å². The van der Waals surface area contributed by atoms with Gasteiger partial charge in [-0.1, -0.05) is 78.0 Å². The fourth-order valence-corrected chi connectivity index (χ4v) is 2.38. The SMILES string of the molecule is CC(O/N=C/c1ccccc1)c1cccc2ccccc12. The van der Waals surface area contributed by atoms with Crippen molar-refractivity contribution >= 4 is 17.0 Å². The average molecular weight is 275 g/mol. The third-order valence-corrected chi connectivity index (χ3v) is 3.48. The van der Waals surface area contributed by atoms with Crippen molar-refractivity contribution in [3.05, 3.63) is 83.9 Å². The van der Waals surface area contributed by atoms with Crippen molar-refractivity contribution in [3.63, 3.8) is 0 Å². The van der Waals surface area contributed by atoms with Crippen molar-refractivity contribution in [1.29, 1.82) is 0 Å². The zero-order valence-corrected chi connectivity index (χ0v) is 11.9. The van der Waals surface area contributed by atoms with Crippen LogP contribution in [-0.4, -0.2) is 6.21 Å². The summed E-state index contributed by atoms with van der Waals surface area (Å²) in [7, 11) is 0. The molecule has 0 amide bonds. The predicted molar refractivity (Wildman–Crippen MR) is 87.5 cm³/mol. The fourth-order valence-electron chi connectivity index (χ4n) is 2.38. The Morgan fingerprint density at radius 2 is 1.57 bits per heavy atom. The lowest BCUT2D eigenvalue weighted by Gasteiger charge is -2.12. The van der Waals surface area contributed by atoms with Crippen molar-refractivity contribution in [2.75, 3.05) is 0 Å². The molecule has 0 saturated heterocycles. The molecular weight excluding hydrogens is 258 g/mol. The van der Waals surface area contributed by atoms with Gasteiger partial charge in [0.1, 0.15) is 6.10 Å². The molecule has 0 aromatic heterocycles. The highest BCUT2D eigenvalue weighted by Gasteiger charge is 2.09. The van der Waals surface area contributed by atoms with Gasteiger partial charge in [-0.3, -0.25) is 0 Å². The van der Waals surface area contributed by atoms with Gasteiger partial charge in [-0.2, -0.15) is 0 Å². The van der Waals surface area contributed by atoms with Crippen LogP contribution >= 0.6 is 0 Å². The van der Waals surface area contributed by atoms with Crippen LogP contribution in [0.15, 0.2) is 78.0 Å². The summed E-state index contributed by atoms with van der Waals surface area (Å²) in [6.45, 7) is 2.02. The minimum atomic E-state index is -0.0870. The van der Waals surface area contributed by atoms with Crippen molar-refractivity contribution in [1.82, 2.24) is 0 Å². The average Bonchev–Trinajstić information content (AvgIpc) is 2.55. The molecule has 3 rings (SSSR count). The van der Waals surface area contributed by atoms with Gasteiger partial charge in [0, 0.05) is 5.56 Å². The highest BCUT2D eigenvalue weighted by Crippen LogP contribution is 2.26. The number of benzene rings is 3. The lowest BCUT2D eigenvalue weighted by molar-refractivity contribution is 0.0747. The van der Waals surface area contributed by atoms with E-state index >= 15 is 0 Å². The van der Waals surface area contributed by atoms with Gasteiger partial charge in [-0.15, -0.1) is 0 Å². The Kier molecular flexibility index (Phi) is 3.97. The van der Waals surface area contributed by atoms with Gasteiger partial charge >= 0.3 is 0 Å². The summed E-state index contributed by atoms with van der Waals surface area (Å²) in [5.41, 5.74) is 2.18. The van der Waals surface area contributed by atoms with Gasteiger partial charge in [0.05, 0.1) is 6.21 Å². The van der Waals surface area contributed by atoms with Gasteiger partial charge < -0.3 is 4.84 Å². The summed E-state index contributed by atoms with van der Waals surface area (Å²) in [5.74, 6) is 0. The predicted octanol–water partition coefficient (Wildman–Crippen LogP) is 4.95. The number of hydrogen-bond donors (Lipinski definition) is 0. The molecule has 0 N–H and O–H groups in total. The summed E-state index contributed by atoms with van der Waals surface area (Å²) in [6, 6.07) is 24.5. The van der Waals surface area contributed by atoms with Crippen LogP contribution in [0.4, 0.5) is 0 Å². The lowest BCUT2D eigenvalue weighted by Crippen LogP contribution is -1.97. The Morgan fingerprint density at radius 1 is 0.857 bits per heavy atom. The lowest BCUT2D eigenvalue weighted by atomic mass is 10.0. The van der Waals surface area contributed by atoms with E-state index in [1.807, 2.05) is 49.4 Å². The number of fused-ring (bicyclic) bond motifs is 1. The Bertz CT molecular complexity index is 744. The summed E-state index contributed by atoms with van der Waals surface area (Å²) in [6.07, 6.45) is 1.65. The van der Waals surface area contributed by atoms with Crippen LogP contribution in [0.25, 0.3) is 10.8 Å². The maximum atomic E-state index is 5.61. The molecule has 2 nitrogen and oxygen atoms in total. The third kappa shape index (κ3) is 3.11. The molecule has 0 saturated carbocycles. The molecule has 3 aromatic rings. The zero-order valence-electron chi connectivity index (χ0n) is 11.9. The molecule has 21 heavy (non-hydrogen) atoms. The number of oxime groups is 1. The van der Waals surface area contributed by atoms with Crippen molar-refractivity contribution in [3.8, 4) is 0 Å². The van der Waals surface area contributed by atoms with E-state index in [2.05, 4.69) is 35.5 Å². The number of hydrogen-bond acceptors (Lipinski definition) is 2. The van der Waals surface area contributed by atoms with E-state index in [0.29, 0.717) is 0 Å². The van der Waals surface area contributed by atoms with E-state index in [9.17, 15) is 0 Å². The van der Waals surface area contributed by atoms with Crippen LogP contribution < -0.4 is 0 Å². The van der Waals surface area contributed by atoms with Gasteiger partial charge in [0.15, 0.2) is 0 Å². The zero-order chi connectivity index (χ0) is 14.5. The minimum absolute atomic E-state index is 0.0870. The largest absolute Gasteiger partial charge is 0.388 e. The molecule has 0 heterocycles. The van der Waals surface area contributed by atoms with Gasteiger partial charge in [0.2, 0.25) is 0 Å². The first-order valence-electron chi connectivity index (χ1n) is 7.06. The van der Waals surface area contributed by atoms with Crippen LogP contribution in [0.3, 0.4) is 0 Å². The summed E-state index contributed by atoms with van der Waals surface area (Å²) in [5, 5.41) is 6.53. The first kappa shape index (κ1) is 13.4. The molecule has 0 bridgehead atoms. The van der Waals surface area contributed by atoms with Gasteiger partial charge in [-0.25, -0.2) is 0 Å². The molecule has 0 aliphatic heterocycles. The van der Waals surface area contributed by atoms with Crippen LogP contribution in [-0.2, 0) is 4.84 Å². The fraction of sp³-hybridized carbons (Fsp3) is 0.105. The van der Waals surface area contributed by atoms with Crippen molar-refractivity contribution in [2.24, 2.45) is 5.16 Å². The first-order valence-corrected chi connectivity index (χ1v) is 7.06. The molecule has 0 spiro atoms. The van der Waals surface area contributed by atoms with Gasteiger partial charge in [0.25, 0.3) is 0 Å². The standard InChI is InChI=1S/C19H17NO/c1-15(21-20-14-16-8-3-2-4-9-16)18-13-7-11-17-10-5-6-12-19(17)18/h2-15H,1H3/b20-14+. The van der Waals surface area contributed by atoms with Gasteiger partial charge in [-0.05, 0) is 23.3 Å². The second-order valence-electron chi connectivity index (χ2n) is 4.96. The van der Waals surface area contributed by atoms with Crippen molar-refractivity contribution < 1.29 is 4.84 Å². The quantitative estimate of drug-likeness (QED) is 0.487. The summed E-state index contributed by atoms with van der Waals surface area (Å²) < 4.78 is 0. The molecule has 2 heteroatoms. The normalized spacial score (nSPS) is 12.6. The molecule has 1 atom stereocenters. The summed E-state index contributed by atoms with van der Waals surface area (Å²) >= 11 is 0. The molecule has 0 radical (unpaired) electrons. The van der Waals surface area contributed by atoms with Crippen LogP contribution in [0, 0.1) is 0 Å². The number of rotatable bonds is 4.